The van der Waals surface area contributed by atoms with Crippen molar-refractivity contribution < 1.29 is 9.13 Å². The van der Waals surface area contributed by atoms with Crippen molar-refractivity contribution in [2.75, 3.05) is 7.11 Å². The number of rotatable bonds is 4. The van der Waals surface area contributed by atoms with Gasteiger partial charge >= 0.3 is 0 Å². The van der Waals surface area contributed by atoms with Gasteiger partial charge in [0, 0.05) is 5.56 Å². The van der Waals surface area contributed by atoms with Crippen molar-refractivity contribution in [2.24, 2.45) is 5.73 Å². The number of nitrogens with zero attached hydrogens (tertiary/aromatic N) is 2. The molecule has 1 atom stereocenters. The van der Waals surface area contributed by atoms with Crippen LogP contribution in [0.3, 0.4) is 0 Å². The van der Waals surface area contributed by atoms with E-state index < -0.39 is 6.04 Å². The number of H-pyrrole nitrogens is 1. The number of hydrogen-bond donors (Lipinski definition) is 2. The summed E-state index contributed by atoms with van der Waals surface area (Å²) >= 11 is 0. The fraction of sp³-hybridized carbons (Fsp3) is 0.125. The van der Waals surface area contributed by atoms with Gasteiger partial charge in [0.15, 0.2) is 5.82 Å². The topological polar surface area (TPSA) is 76.8 Å². The van der Waals surface area contributed by atoms with E-state index in [2.05, 4.69) is 15.2 Å². The Morgan fingerprint density at radius 1 is 1.18 bits per heavy atom. The molecule has 5 nitrogen and oxygen atoms in total. The number of halogens is 1. The maximum absolute atomic E-state index is 13.0. The third kappa shape index (κ3) is 2.82. The van der Waals surface area contributed by atoms with Crippen molar-refractivity contribution in [3.05, 3.63) is 65.7 Å². The summed E-state index contributed by atoms with van der Waals surface area (Å²) in [7, 11) is 1.60. The lowest BCUT2D eigenvalue weighted by Gasteiger charge is -2.08. The first-order valence-electron chi connectivity index (χ1n) is 6.75. The summed E-state index contributed by atoms with van der Waals surface area (Å²) in [5.74, 6) is 1.48. The number of nitrogens with two attached hydrogens (primary N) is 1. The third-order valence-electron chi connectivity index (χ3n) is 3.35. The summed E-state index contributed by atoms with van der Waals surface area (Å²) in [6.45, 7) is 0. The molecular weight excluding hydrogens is 283 g/mol. The Balaban J connectivity index is 1.88. The number of methoxy groups -OCH3 is 1. The van der Waals surface area contributed by atoms with Gasteiger partial charge in [-0.1, -0.05) is 24.3 Å². The van der Waals surface area contributed by atoms with Crippen LogP contribution in [0.1, 0.15) is 17.4 Å². The largest absolute Gasteiger partial charge is 0.497 e. The number of ether oxygens (including phenoxy) is 1. The first-order valence-corrected chi connectivity index (χ1v) is 6.75. The van der Waals surface area contributed by atoms with E-state index in [1.54, 1.807) is 19.2 Å². The zero-order valence-corrected chi connectivity index (χ0v) is 12.0. The molecule has 0 radical (unpaired) electrons. The van der Waals surface area contributed by atoms with Crippen LogP contribution in [0.5, 0.6) is 5.75 Å². The molecule has 0 saturated carbocycles. The van der Waals surface area contributed by atoms with Gasteiger partial charge in [0.2, 0.25) is 0 Å². The Hall–Kier alpha value is -2.73. The highest BCUT2D eigenvalue weighted by Crippen LogP contribution is 2.23. The van der Waals surface area contributed by atoms with Gasteiger partial charge in [-0.25, -0.2) is 9.37 Å². The molecule has 0 aliphatic heterocycles. The molecule has 0 amide bonds. The highest BCUT2D eigenvalue weighted by atomic mass is 19.1. The molecule has 2 aromatic carbocycles. The van der Waals surface area contributed by atoms with E-state index in [9.17, 15) is 4.39 Å². The van der Waals surface area contributed by atoms with Crippen LogP contribution in [-0.2, 0) is 0 Å². The molecule has 3 rings (SSSR count). The Labute approximate surface area is 127 Å². The van der Waals surface area contributed by atoms with Gasteiger partial charge in [0.1, 0.15) is 17.4 Å². The molecule has 0 fully saturated rings. The van der Waals surface area contributed by atoms with Crippen LogP contribution in [-0.4, -0.2) is 22.3 Å². The summed E-state index contributed by atoms with van der Waals surface area (Å²) in [4.78, 5) is 4.41. The van der Waals surface area contributed by atoms with Gasteiger partial charge < -0.3 is 10.5 Å². The molecule has 0 aliphatic carbocycles. The van der Waals surface area contributed by atoms with Gasteiger partial charge in [-0.3, -0.25) is 5.10 Å². The average molecular weight is 298 g/mol. The van der Waals surface area contributed by atoms with Crippen molar-refractivity contribution in [3.8, 4) is 17.1 Å². The first-order chi connectivity index (χ1) is 10.7. The summed E-state index contributed by atoms with van der Waals surface area (Å²) in [6, 6.07) is 13.0. The first kappa shape index (κ1) is 14.2. The van der Waals surface area contributed by atoms with E-state index in [4.69, 9.17) is 10.5 Å². The lowest BCUT2D eigenvalue weighted by molar-refractivity contribution is 0.415. The molecule has 6 heteroatoms. The molecule has 0 bridgehead atoms. The molecule has 0 aliphatic rings. The van der Waals surface area contributed by atoms with Crippen LogP contribution in [0.25, 0.3) is 11.4 Å². The second-order valence-electron chi connectivity index (χ2n) is 4.81. The minimum Gasteiger partial charge on any atom is -0.497 e. The number of aromatic amines is 1. The second kappa shape index (κ2) is 5.95. The quantitative estimate of drug-likeness (QED) is 0.776. The van der Waals surface area contributed by atoms with Crippen LogP contribution in [0.4, 0.5) is 4.39 Å². The van der Waals surface area contributed by atoms with Crippen molar-refractivity contribution in [3.63, 3.8) is 0 Å². The molecular formula is C16H15FN4O. The normalized spacial score (nSPS) is 12.1. The van der Waals surface area contributed by atoms with Gasteiger partial charge in [-0.15, -0.1) is 0 Å². The van der Waals surface area contributed by atoms with Crippen LogP contribution in [0, 0.1) is 5.82 Å². The molecule has 3 N–H and O–H groups in total. The summed E-state index contributed by atoms with van der Waals surface area (Å²) in [5, 5.41) is 7.01. The van der Waals surface area contributed by atoms with Crippen molar-refractivity contribution in [2.45, 2.75) is 6.04 Å². The van der Waals surface area contributed by atoms with Crippen LogP contribution >= 0.6 is 0 Å². The zero-order chi connectivity index (χ0) is 15.5. The smallest absolute Gasteiger partial charge is 0.181 e. The Morgan fingerprint density at radius 2 is 1.95 bits per heavy atom. The molecule has 112 valence electrons. The Kier molecular flexibility index (Phi) is 3.84. The predicted molar refractivity (Wildman–Crippen MR) is 80.8 cm³/mol. The van der Waals surface area contributed by atoms with Gasteiger partial charge in [0.05, 0.1) is 13.2 Å². The fourth-order valence-corrected chi connectivity index (χ4v) is 2.13. The number of nitrogens with one attached hydrogen (secondary N) is 1. The van der Waals surface area contributed by atoms with Crippen molar-refractivity contribution >= 4 is 0 Å². The highest BCUT2D eigenvalue weighted by molar-refractivity contribution is 5.57. The minimum atomic E-state index is -0.493. The predicted octanol–water partition coefficient (Wildman–Crippen LogP) is 2.67. The SMILES string of the molecule is COc1cccc(-c2n[nH]c(C(N)c3ccc(F)cc3)n2)c1. The lowest BCUT2D eigenvalue weighted by atomic mass is 10.1. The van der Waals surface area contributed by atoms with E-state index in [1.807, 2.05) is 24.3 Å². The average Bonchev–Trinajstić information content (AvgIpc) is 3.05. The molecule has 0 spiro atoms. The van der Waals surface area contributed by atoms with E-state index in [0.29, 0.717) is 11.6 Å². The van der Waals surface area contributed by atoms with Crippen LogP contribution in [0.2, 0.25) is 0 Å². The number of benzene rings is 2. The molecule has 0 saturated heterocycles. The Morgan fingerprint density at radius 3 is 2.68 bits per heavy atom. The van der Waals surface area contributed by atoms with Crippen molar-refractivity contribution in [1.82, 2.24) is 15.2 Å². The van der Waals surface area contributed by atoms with Gasteiger partial charge in [-0.2, -0.15) is 5.10 Å². The van der Waals surface area contributed by atoms with Crippen LogP contribution in [0.15, 0.2) is 48.5 Å². The van der Waals surface area contributed by atoms with E-state index in [1.165, 1.54) is 12.1 Å². The number of hydrogen-bond acceptors (Lipinski definition) is 4. The van der Waals surface area contributed by atoms with Crippen molar-refractivity contribution in [1.29, 1.82) is 0 Å². The molecule has 1 aromatic heterocycles. The van der Waals surface area contributed by atoms with E-state index in [0.717, 1.165) is 16.9 Å². The second-order valence-corrected chi connectivity index (χ2v) is 4.81. The molecule has 22 heavy (non-hydrogen) atoms. The fourth-order valence-electron chi connectivity index (χ4n) is 2.13. The monoisotopic (exact) mass is 298 g/mol. The lowest BCUT2D eigenvalue weighted by Crippen LogP contribution is -2.13. The van der Waals surface area contributed by atoms with Crippen LogP contribution < -0.4 is 10.5 Å². The summed E-state index contributed by atoms with van der Waals surface area (Å²) in [6.07, 6.45) is 0. The van der Waals surface area contributed by atoms with Gasteiger partial charge in [0.25, 0.3) is 0 Å². The van der Waals surface area contributed by atoms with Gasteiger partial charge in [-0.05, 0) is 29.8 Å². The summed E-state index contributed by atoms with van der Waals surface area (Å²) in [5.41, 5.74) is 7.72. The minimum absolute atomic E-state index is 0.300. The molecule has 1 heterocycles. The van der Waals surface area contributed by atoms with E-state index >= 15 is 0 Å². The number of aromatic nitrogens is 3. The summed E-state index contributed by atoms with van der Waals surface area (Å²) < 4.78 is 18.1. The maximum Gasteiger partial charge on any atom is 0.181 e. The standard InChI is InChI=1S/C16H15FN4O/c1-22-13-4-2-3-11(9-13)15-19-16(21-20-15)14(18)10-5-7-12(17)8-6-10/h2-9,14H,18H2,1H3,(H,19,20,21). The third-order valence-corrected chi connectivity index (χ3v) is 3.35. The van der Waals surface area contributed by atoms with E-state index in [-0.39, 0.29) is 5.82 Å². The molecule has 3 aromatic rings. The molecule has 1 unspecified atom stereocenters. The maximum atomic E-state index is 13.0. The Bertz CT molecular complexity index is 770. The zero-order valence-electron chi connectivity index (χ0n) is 12.0. The highest BCUT2D eigenvalue weighted by Gasteiger charge is 2.15.